The minimum absolute atomic E-state index is 0.0500. The molecule has 0 saturated heterocycles. The number of fused-ring (bicyclic) bond motifs is 1. The number of hydroxylamine groups is 1. The van der Waals surface area contributed by atoms with Crippen LogP contribution in [0, 0.1) is 0 Å². The van der Waals surface area contributed by atoms with Crippen LogP contribution in [0.5, 0.6) is 0 Å². The van der Waals surface area contributed by atoms with Gasteiger partial charge in [-0.3, -0.25) is 4.84 Å². The Kier molecular flexibility index (Phi) is 6.68. The molecule has 2 rings (SSSR count). The molecule has 0 heterocycles. The number of ether oxygens (including phenoxy) is 1. The van der Waals surface area contributed by atoms with E-state index in [2.05, 4.69) is 6.58 Å². The first-order chi connectivity index (χ1) is 12.1. The summed E-state index contributed by atoms with van der Waals surface area (Å²) in [6.45, 7) is 3.56. The molecule has 0 fully saturated rings. The molecule has 25 heavy (non-hydrogen) atoms. The number of rotatable bonds is 8. The fraction of sp³-hybridized carbons (Fsp3) is 0.263. The summed E-state index contributed by atoms with van der Waals surface area (Å²) in [5.41, 5.74) is 0.932. The molecule has 1 amide bonds. The van der Waals surface area contributed by atoms with Crippen LogP contribution in [-0.4, -0.2) is 49.4 Å². The molecule has 0 saturated carbocycles. The molecular weight excluding hydrogens is 320 g/mol. The van der Waals surface area contributed by atoms with Gasteiger partial charge in [0.1, 0.15) is 18.9 Å². The summed E-state index contributed by atoms with van der Waals surface area (Å²) in [6.07, 6.45) is 1.83. The first-order valence-electron chi connectivity index (χ1n) is 7.88. The van der Waals surface area contributed by atoms with E-state index in [4.69, 9.17) is 9.57 Å². The molecule has 2 aromatic rings. The van der Waals surface area contributed by atoms with E-state index in [1.165, 1.54) is 25.4 Å². The Balaban J connectivity index is 2.24. The number of amides is 1. The van der Waals surface area contributed by atoms with Crippen LogP contribution in [0.25, 0.3) is 10.8 Å². The molecule has 0 spiro atoms. The summed E-state index contributed by atoms with van der Waals surface area (Å²) >= 11 is 0. The Morgan fingerprint density at radius 2 is 1.96 bits per heavy atom. The number of benzene rings is 2. The maximum Gasteiger partial charge on any atom is 0.427 e. The third-order valence-corrected chi connectivity index (χ3v) is 3.81. The number of aldehydes is 1. The molecule has 0 aliphatic heterocycles. The maximum absolute atomic E-state index is 12.3. The van der Waals surface area contributed by atoms with Crippen LogP contribution in [0.3, 0.4) is 0 Å². The highest BCUT2D eigenvalue weighted by molar-refractivity contribution is 5.83. The van der Waals surface area contributed by atoms with Gasteiger partial charge >= 0.3 is 6.09 Å². The highest BCUT2D eigenvalue weighted by Crippen LogP contribution is 2.18. The highest BCUT2D eigenvalue weighted by atomic mass is 16.7. The van der Waals surface area contributed by atoms with Gasteiger partial charge in [0, 0.05) is 13.5 Å². The summed E-state index contributed by atoms with van der Waals surface area (Å²) < 4.78 is 5.06. The fourth-order valence-corrected chi connectivity index (χ4v) is 2.54. The SMILES string of the molecule is C=CCOC(=O)N(C(C=O)Cc1ccc2ccccc2c1)N(C)OC. The maximum atomic E-state index is 12.3. The molecule has 0 aromatic heterocycles. The van der Waals surface area contributed by atoms with Crippen molar-refractivity contribution in [3.05, 3.63) is 60.7 Å². The third-order valence-electron chi connectivity index (χ3n) is 3.81. The zero-order valence-electron chi connectivity index (χ0n) is 14.4. The standard InChI is InChI=1S/C19H22N2O4/c1-4-11-25-19(23)21(20(2)24-3)18(14-22)13-15-9-10-16-7-5-6-8-17(16)12-15/h4-10,12,14,18H,1,11,13H2,2-3H3. The van der Waals surface area contributed by atoms with E-state index in [0.717, 1.165) is 21.3 Å². The molecule has 1 atom stereocenters. The summed E-state index contributed by atoms with van der Waals surface area (Å²) in [5, 5.41) is 4.52. The van der Waals surface area contributed by atoms with Gasteiger partial charge in [0.05, 0.1) is 7.11 Å². The summed E-state index contributed by atoms with van der Waals surface area (Å²) in [5.74, 6) is 0. The first-order valence-corrected chi connectivity index (χ1v) is 7.88. The number of carbonyl (C=O) groups excluding carboxylic acids is 2. The Bertz CT molecular complexity index is 747. The van der Waals surface area contributed by atoms with Crippen LogP contribution >= 0.6 is 0 Å². The van der Waals surface area contributed by atoms with E-state index < -0.39 is 12.1 Å². The molecule has 6 heteroatoms. The molecule has 2 aromatic carbocycles. The predicted octanol–water partition coefficient (Wildman–Crippen LogP) is 2.98. The molecule has 6 nitrogen and oxygen atoms in total. The molecule has 0 bridgehead atoms. The van der Waals surface area contributed by atoms with Gasteiger partial charge in [-0.2, -0.15) is 0 Å². The van der Waals surface area contributed by atoms with E-state index in [9.17, 15) is 9.59 Å². The summed E-state index contributed by atoms with van der Waals surface area (Å²) in [6, 6.07) is 13.1. The molecule has 0 N–H and O–H groups in total. The number of nitrogens with zero attached hydrogens (tertiary/aromatic N) is 2. The van der Waals surface area contributed by atoms with E-state index >= 15 is 0 Å². The number of hydrogen-bond acceptors (Lipinski definition) is 5. The van der Waals surface area contributed by atoms with E-state index in [1.807, 2.05) is 42.5 Å². The zero-order valence-corrected chi connectivity index (χ0v) is 14.4. The minimum Gasteiger partial charge on any atom is -0.444 e. The van der Waals surface area contributed by atoms with Crippen molar-refractivity contribution in [3.63, 3.8) is 0 Å². The fourth-order valence-electron chi connectivity index (χ4n) is 2.54. The van der Waals surface area contributed by atoms with Crippen molar-refractivity contribution >= 4 is 23.2 Å². The van der Waals surface area contributed by atoms with Crippen LogP contribution in [0.4, 0.5) is 4.79 Å². The Morgan fingerprint density at radius 3 is 2.60 bits per heavy atom. The lowest BCUT2D eigenvalue weighted by molar-refractivity contribution is -0.242. The third kappa shape index (κ3) is 4.65. The average molecular weight is 342 g/mol. The van der Waals surface area contributed by atoms with Crippen molar-refractivity contribution < 1.29 is 19.2 Å². The van der Waals surface area contributed by atoms with Gasteiger partial charge in [-0.15, -0.1) is 0 Å². The van der Waals surface area contributed by atoms with Crippen molar-refractivity contribution in [1.82, 2.24) is 10.2 Å². The molecule has 1 unspecified atom stereocenters. The van der Waals surface area contributed by atoms with Gasteiger partial charge in [0.15, 0.2) is 0 Å². The van der Waals surface area contributed by atoms with Gasteiger partial charge in [0.2, 0.25) is 0 Å². The Labute approximate surface area is 147 Å². The minimum atomic E-state index is -0.761. The first kappa shape index (κ1) is 18.6. The molecule has 0 aliphatic rings. The number of carbonyl (C=O) groups is 2. The lowest BCUT2D eigenvalue weighted by atomic mass is 10.0. The van der Waals surface area contributed by atoms with Crippen molar-refractivity contribution in [1.29, 1.82) is 0 Å². The topological polar surface area (TPSA) is 59.1 Å². The van der Waals surface area contributed by atoms with Gasteiger partial charge in [-0.25, -0.2) is 9.80 Å². The second kappa shape index (κ2) is 8.96. The molecular formula is C19H22N2O4. The quantitative estimate of drug-likeness (QED) is 0.419. The van der Waals surface area contributed by atoms with Gasteiger partial charge in [0.25, 0.3) is 0 Å². The monoisotopic (exact) mass is 342 g/mol. The van der Waals surface area contributed by atoms with Gasteiger partial charge in [-0.1, -0.05) is 60.3 Å². The van der Waals surface area contributed by atoms with Crippen LogP contribution in [0.1, 0.15) is 5.56 Å². The van der Waals surface area contributed by atoms with E-state index in [0.29, 0.717) is 12.7 Å². The van der Waals surface area contributed by atoms with Crippen molar-refractivity contribution in [2.45, 2.75) is 12.5 Å². The lowest BCUT2D eigenvalue weighted by Gasteiger charge is -2.32. The number of hydrogen-bond donors (Lipinski definition) is 0. The highest BCUT2D eigenvalue weighted by Gasteiger charge is 2.29. The van der Waals surface area contributed by atoms with Crippen LogP contribution < -0.4 is 0 Å². The predicted molar refractivity (Wildman–Crippen MR) is 95.7 cm³/mol. The molecule has 132 valence electrons. The number of hydrazine groups is 1. The summed E-state index contributed by atoms with van der Waals surface area (Å²) in [7, 11) is 2.94. The molecule has 0 radical (unpaired) electrons. The van der Waals surface area contributed by atoms with Crippen LogP contribution in [0.15, 0.2) is 55.1 Å². The van der Waals surface area contributed by atoms with Crippen LogP contribution in [0.2, 0.25) is 0 Å². The van der Waals surface area contributed by atoms with Gasteiger partial charge in [-0.05, 0) is 16.3 Å². The normalized spacial score (nSPS) is 12.0. The van der Waals surface area contributed by atoms with Crippen molar-refractivity contribution in [2.24, 2.45) is 0 Å². The second-order valence-electron chi connectivity index (χ2n) is 5.45. The Morgan fingerprint density at radius 1 is 1.24 bits per heavy atom. The van der Waals surface area contributed by atoms with Gasteiger partial charge < -0.3 is 9.53 Å². The summed E-state index contributed by atoms with van der Waals surface area (Å²) in [4.78, 5) is 29.0. The average Bonchev–Trinajstić information content (AvgIpc) is 2.65. The van der Waals surface area contributed by atoms with Crippen molar-refractivity contribution in [2.75, 3.05) is 20.8 Å². The lowest BCUT2D eigenvalue weighted by Crippen LogP contribution is -2.51. The van der Waals surface area contributed by atoms with E-state index in [-0.39, 0.29) is 6.61 Å². The largest absolute Gasteiger partial charge is 0.444 e. The van der Waals surface area contributed by atoms with E-state index in [1.54, 1.807) is 0 Å². The zero-order chi connectivity index (χ0) is 18.2. The van der Waals surface area contributed by atoms with Crippen molar-refractivity contribution in [3.8, 4) is 0 Å². The smallest absolute Gasteiger partial charge is 0.427 e. The van der Waals surface area contributed by atoms with Crippen LogP contribution in [-0.2, 0) is 20.8 Å². The Hall–Kier alpha value is -2.70. The molecule has 0 aliphatic carbocycles. The second-order valence-corrected chi connectivity index (χ2v) is 5.45.